The van der Waals surface area contributed by atoms with Crippen LogP contribution in [0.15, 0.2) is 29.2 Å². The van der Waals surface area contributed by atoms with Crippen LogP contribution < -0.4 is 10.5 Å². The molecule has 1 atom stereocenters. The van der Waals surface area contributed by atoms with E-state index < -0.39 is 22.0 Å². The minimum absolute atomic E-state index is 0.0783. The van der Waals surface area contributed by atoms with Crippen molar-refractivity contribution in [3.05, 3.63) is 29.8 Å². The lowest BCUT2D eigenvalue weighted by molar-refractivity contribution is 0.1000. The summed E-state index contributed by atoms with van der Waals surface area (Å²) >= 11 is 0. The fraction of sp³-hybridized carbons (Fsp3) is 0.417. The largest absolute Gasteiger partial charge is 0.393 e. The van der Waals surface area contributed by atoms with E-state index in [1.54, 1.807) is 6.92 Å². The van der Waals surface area contributed by atoms with Crippen molar-refractivity contribution in [2.45, 2.75) is 30.8 Å². The lowest BCUT2D eigenvalue weighted by Gasteiger charge is -2.08. The normalized spacial score (nSPS) is 13.2. The third kappa shape index (κ3) is 4.98. The van der Waals surface area contributed by atoms with E-state index in [9.17, 15) is 13.2 Å². The Bertz CT molecular complexity index is 523. The van der Waals surface area contributed by atoms with Gasteiger partial charge in [-0.05, 0) is 44.0 Å². The van der Waals surface area contributed by atoms with Gasteiger partial charge in [0.05, 0.1) is 11.0 Å². The average Bonchev–Trinajstić information content (AvgIpc) is 2.34. The van der Waals surface area contributed by atoms with Crippen molar-refractivity contribution in [3.63, 3.8) is 0 Å². The van der Waals surface area contributed by atoms with Gasteiger partial charge in [0.1, 0.15) is 0 Å². The second kappa shape index (κ2) is 6.65. The van der Waals surface area contributed by atoms with E-state index in [0.717, 1.165) is 0 Å². The molecule has 1 aromatic carbocycles. The molecule has 1 aromatic rings. The van der Waals surface area contributed by atoms with Gasteiger partial charge in [-0.1, -0.05) is 0 Å². The zero-order valence-corrected chi connectivity index (χ0v) is 11.5. The highest BCUT2D eigenvalue weighted by atomic mass is 32.2. The molecule has 0 saturated heterocycles. The molecular formula is C12H18N2O4S. The second-order valence-corrected chi connectivity index (χ2v) is 6.04. The van der Waals surface area contributed by atoms with Crippen LogP contribution in [0.25, 0.3) is 0 Å². The van der Waals surface area contributed by atoms with Gasteiger partial charge in [0.25, 0.3) is 0 Å². The first-order valence-electron chi connectivity index (χ1n) is 5.90. The maximum absolute atomic E-state index is 11.9. The number of carbonyl (C=O) groups excluding carboxylic acids is 1. The molecule has 0 heterocycles. The molecule has 4 N–H and O–H groups in total. The predicted molar refractivity (Wildman–Crippen MR) is 71.1 cm³/mol. The number of amides is 1. The summed E-state index contributed by atoms with van der Waals surface area (Å²) in [4.78, 5) is 10.9. The van der Waals surface area contributed by atoms with E-state index in [-0.39, 0.29) is 17.0 Å². The molecule has 1 rings (SSSR count). The summed E-state index contributed by atoms with van der Waals surface area (Å²) in [7, 11) is -3.58. The molecule has 1 unspecified atom stereocenters. The summed E-state index contributed by atoms with van der Waals surface area (Å²) in [5, 5.41) is 9.06. The van der Waals surface area contributed by atoms with Crippen molar-refractivity contribution in [2.24, 2.45) is 5.73 Å². The highest BCUT2D eigenvalue weighted by Gasteiger charge is 2.13. The number of benzene rings is 1. The number of primary amides is 1. The Labute approximate surface area is 112 Å². The van der Waals surface area contributed by atoms with Crippen LogP contribution in [0.4, 0.5) is 0 Å². The highest BCUT2D eigenvalue weighted by molar-refractivity contribution is 7.89. The lowest BCUT2D eigenvalue weighted by atomic mass is 10.2. The number of aliphatic hydroxyl groups is 1. The first-order chi connectivity index (χ1) is 8.83. The van der Waals surface area contributed by atoms with Gasteiger partial charge in [0.15, 0.2) is 0 Å². The van der Waals surface area contributed by atoms with E-state index in [1.807, 2.05) is 0 Å². The minimum Gasteiger partial charge on any atom is -0.393 e. The number of nitrogens with two attached hydrogens (primary N) is 1. The van der Waals surface area contributed by atoms with Crippen LogP contribution in [0.1, 0.15) is 30.1 Å². The molecule has 0 aliphatic rings. The lowest BCUT2D eigenvalue weighted by Crippen LogP contribution is -2.25. The second-order valence-electron chi connectivity index (χ2n) is 4.28. The van der Waals surface area contributed by atoms with E-state index in [1.165, 1.54) is 24.3 Å². The molecule has 6 nitrogen and oxygen atoms in total. The van der Waals surface area contributed by atoms with Crippen molar-refractivity contribution in [1.29, 1.82) is 0 Å². The molecule has 7 heteroatoms. The Hall–Kier alpha value is -1.44. The summed E-state index contributed by atoms with van der Waals surface area (Å²) in [6, 6.07) is 5.40. The third-order valence-electron chi connectivity index (χ3n) is 2.54. The number of sulfonamides is 1. The molecule has 0 saturated carbocycles. The Morgan fingerprint density at radius 2 is 1.95 bits per heavy atom. The summed E-state index contributed by atoms with van der Waals surface area (Å²) < 4.78 is 26.2. The zero-order chi connectivity index (χ0) is 14.5. The number of rotatable bonds is 7. The van der Waals surface area contributed by atoms with Gasteiger partial charge >= 0.3 is 0 Å². The molecule has 0 radical (unpaired) electrons. The topological polar surface area (TPSA) is 109 Å². The quantitative estimate of drug-likeness (QED) is 0.623. The van der Waals surface area contributed by atoms with E-state index >= 15 is 0 Å². The number of carbonyl (C=O) groups is 1. The standard InChI is InChI=1S/C12H18N2O4S/c1-9(15)3-2-8-14-19(17,18)11-6-4-10(5-7-11)12(13)16/h4-7,9,14-15H,2-3,8H2,1H3,(H2,13,16). The Morgan fingerprint density at radius 1 is 1.37 bits per heavy atom. The Kier molecular flexibility index (Phi) is 5.46. The van der Waals surface area contributed by atoms with Crippen LogP contribution in [0.3, 0.4) is 0 Å². The summed E-state index contributed by atoms with van der Waals surface area (Å²) in [5.41, 5.74) is 5.33. The number of hydrogen-bond acceptors (Lipinski definition) is 4. The first-order valence-corrected chi connectivity index (χ1v) is 7.39. The van der Waals surface area contributed by atoms with E-state index in [4.69, 9.17) is 10.8 Å². The number of aliphatic hydroxyl groups excluding tert-OH is 1. The minimum atomic E-state index is -3.58. The third-order valence-corrected chi connectivity index (χ3v) is 4.02. The SMILES string of the molecule is CC(O)CCCNS(=O)(=O)c1ccc(C(N)=O)cc1. The number of nitrogens with one attached hydrogen (secondary N) is 1. The van der Waals surface area contributed by atoms with Gasteiger partial charge in [-0.3, -0.25) is 4.79 Å². The molecule has 0 aliphatic heterocycles. The fourth-order valence-corrected chi connectivity index (χ4v) is 2.56. The molecule has 0 bridgehead atoms. The Morgan fingerprint density at radius 3 is 2.42 bits per heavy atom. The molecule has 0 spiro atoms. The van der Waals surface area contributed by atoms with Gasteiger partial charge < -0.3 is 10.8 Å². The Balaban J connectivity index is 2.64. The highest BCUT2D eigenvalue weighted by Crippen LogP contribution is 2.10. The van der Waals surface area contributed by atoms with Gasteiger partial charge in [0.2, 0.25) is 15.9 Å². The summed E-state index contributed by atoms with van der Waals surface area (Å²) in [5.74, 6) is -0.603. The van der Waals surface area contributed by atoms with Crippen LogP contribution >= 0.6 is 0 Å². The van der Waals surface area contributed by atoms with Crippen molar-refractivity contribution < 1.29 is 18.3 Å². The molecule has 19 heavy (non-hydrogen) atoms. The number of hydrogen-bond donors (Lipinski definition) is 3. The molecule has 0 fully saturated rings. The van der Waals surface area contributed by atoms with Crippen molar-refractivity contribution in [3.8, 4) is 0 Å². The van der Waals surface area contributed by atoms with Crippen molar-refractivity contribution in [1.82, 2.24) is 4.72 Å². The van der Waals surface area contributed by atoms with Crippen LogP contribution in [0, 0.1) is 0 Å². The van der Waals surface area contributed by atoms with E-state index in [0.29, 0.717) is 12.8 Å². The summed E-state index contributed by atoms with van der Waals surface area (Å²) in [6.45, 7) is 1.90. The van der Waals surface area contributed by atoms with Crippen LogP contribution in [-0.2, 0) is 10.0 Å². The fourth-order valence-electron chi connectivity index (χ4n) is 1.49. The van der Waals surface area contributed by atoms with Gasteiger partial charge in [-0.25, -0.2) is 13.1 Å². The molecule has 0 aliphatic carbocycles. The zero-order valence-electron chi connectivity index (χ0n) is 10.7. The maximum atomic E-state index is 11.9. The molecular weight excluding hydrogens is 268 g/mol. The maximum Gasteiger partial charge on any atom is 0.248 e. The van der Waals surface area contributed by atoms with Crippen LogP contribution in [0.5, 0.6) is 0 Å². The van der Waals surface area contributed by atoms with Crippen molar-refractivity contribution in [2.75, 3.05) is 6.54 Å². The monoisotopic (exact) mass is 286 g/mol. The molecule has 0 aromatic heterocycles. The van der Waals surface area contributed by atoms with Crippen LogP contribution in [-0.4, -0.2) is 32.1 Å². The smallest absolute Gasteiger partial charge is 0.248 e. The van der Waals surface area contributed by atoms with Crippen LogP contribution in [0.2, 0.25) is 0 Å². The van der Waals surface area contributed by atoms with Gasteiger partial charge in [-0.15, -0.1) is 0 Å². The van der Waals surface area contributed by atoms with Crippen molar-refractivity contribution >= 4 is 15.9 Å². The predicted octanol–water partition coefficient (Wildman–Crippen LogP) is 0.225. The molecule has 106 valence electrons. The van der Waals surface area contributed by atoms with Gasteiger partial charge in [-0.2, -0.15) is 0 Å². The average molecular weight is 286 g/mol. The molecule has 1 amide bonds. The first kappa shape index (κ1) is 15.6. The van der Waals surface area contributed by atoms with Gasteiger partial charge in [0, 0.05) is 12.1 Å². The summed E-state index contributed by atoms with van der Waals surface area (Å²) in [6.07, 6.45) is 0.638. The van der Waals surface area contributed by atoms with E-state index in [2.05, 4.69) is 4.72 Å².